The topological polar surface area (TPSA) is 26.3 Å². The summed E-state index contributed by atoms with van der Waals surface area (Å²) in [4.78, 5) is 14.7. The average Bonchev–Trinajstić information content (AvgIpc) is 2.65. The molecule has 26 heavy (non-hydrogen) atoms. The molecule has 2 unspecified atom stereocenters. The number of halogens is 1. The highest BCUT2D eigenvalue weighted by atomic mass is 79.9. The summed E-state index contributed by atoms with van der Waals surface area (Å²) in [6.07, 6.45) is 0.951. The van der Waals surface area contributed by atoms with Crippen LogP contribution in [0.25, 0.3) is 0 Å². The molecule has 0 N–H and O–H groups in total. The van der Waals surface area contributed by atoms with Crippen molar-refractivity contribution in [2.45, 2.75) is 44.0 Å². The molecule has 3 nitrogen and oxygen atoms in total. The summed E-state index contributed by atoms with van der Waals surface area (Å²) in [6.45, 7) is 6.91. The van der Waals surface area contributed by atoms with E-state index in [2.05, 4.69) is 41.9 Å². The Labute approximate surface area is 168 Å². The van der Waals surface area contributed by atoms with Gasteiger partial charge in [0.05, 0.1) is 17.4 Å². The molecule has 5 heteroatoms. The molecule has 1 heterocycles. The molecule has 0 bridgehead atoms. The Morgan fingerprint density at radius 1 is 1.19 bits per heavy atom. The molecule has 138 valence electrons. The van der Waals surface area contributed by atoms with Crippen molar-refractivity contribution in [2.75, 3.05) is 11.9 Å². The van der Waals surface area contributed by atoms with E-state index < -0.39 is 0 Å². The fraction of sp³-hybridized carbons (Fsp3) is 0.381. The summed E-state index contributed by atoms with van der Waals surface area (Å²) < 4.78 is 6.13. The van der Waals surface area contributed by atoms with E-state index >= 15 is 0 Å². The molecule has 0 saturated carbocycles. The van der Waals surface area contributed by atoms with Crippen LogP contribution in [0.3, 0.4) is 0 Å². The summed E-state index contributed by atoms with van der Waals surface area (Å²) in [5, 5.41) is 0.918. The van der Waals surface area contributed by atoms with E-state index in [9.17, 15) is 4.79 Å². The lowest BCUT2D eigenvalue weighted by molar-refractivity contribution is -0.128. The second-order valence-electron chi connectivity index (χ2n) is 6.83. The lowest BCUT2D eigenvalue weighted by Crippen LogP contribution is -2.56. The van der Waals surface area contributed by atoms with E-state index in [-0.39, 0.29) is 21.8 Å². The predicted molar refractivity (Wildman–Crippen MR) is 113 cm³/mol. The molecule has 1 aliphatic rings. The fourth-order valence-corrected chi connectivity index (χ4v) is 5.11. The third kappa shape index (κ3) is 3.45. The fourth-order valence-electron chi connectivity index (χ4n) is 3.40. The van der Waals surface area contributed by atoms with Gasteiger partial charge in [0.1, 0.15) is 23.7 Å². The second kappa shape index (κ2) is 8.15. The van der Waals surface area contributed by atoms with Crippen LogP contribution in [0.5, 0.6) is 5.75 Å². The minimum absolute atomic E-state index is 0.112. The molecule has 1 aliphatic heterocycles. The van der Waals surface area contributed by atoms with Crippen LogP contribution in [-0.2, 0) is 4.79 Å². The van der Waals surface area contributed by atoms with Crippen molar-refractivity contribution < 1.29 is 9.53 Å². The standard InChI is InChI=1S/C21H25BrNO2S/c1-15(2)23(17-8-6-9-18(14-17)25-13-7-12-22)21(24)16(3)19-10-4-5-11-20(19)26-23/h4-6,8-11,14-16H,7,12-13H2,1-3H3/q+1. The molecule has 3 rings (SSSR count). The molecule has 2 aromatic carbocycles. The highest BCUT2D eigenvalue weighted by molar-refractivity contribution is 9.09. The zero-order chi connectivity index (χ0) is 18.7. The van der Waals surface area contributed by atoms with E-state index in [1.165, 1.54) is 4.90 Å². The van der Waals surface area contributed by atoms with Crippen LogP contribution in [0, 0.1) is 0 Å². The molecule has 0 spiro atoms. The van der Waals surface area contributed by atoms with Gasteiger partial charge in [-0.2, -0.15) is 3.89 Å². The first-order valence-electron chi connectivity index (χ1n) is 9.01. The average molecular weight is 435 g/mol. The van der Waals surface area contributed by atoms with E-state index in [1.807, 2.05) is 43.3 Å². The van der Waals surface area contributed by atoms with Crippen LogP contribution in [0.4, 0.5) is 5.69 Å². The quantitative estimate of drug-likeness (QED) is 0.244. The molecular formula is C21H25BrNO2S+. The first-order chi connectivity index (χ1) is 12.5. The molecule has 0 saturated heterocycles. The normalized spacial score (nSPS) is 22.3. The Balaban J connectivity index is 2.04. The van der Waals surface area contributed by atoms with Crippen LogP contribution in [0.15, 0.2) is 53.4 Å². The van der Waals surface area contributed by atoms with E-state index in [4.69, 9.17) is 4.74 Å². The van der Waals surface area contributed by atoms with E-state index in [1.54, 1.807) is 11.9 Å². The number of amides is 1. The van der Waals surface area contributed by atoms with Gasteiger partial charge in [0.2, 0.25) is 0 Å². The van der Waals surface area contributed by atoms with Gasteiger partial charge in [0.15, 0.2) is 5.69 Å². The van der Waals surface area contributed by atoms with Gasteiger partial charge in [0.25, 0.3) is 0 Å². The minimum atomic E-state index is -0.132. The second-order valence-corrected chi connectivity index (χ2v) is 8.82. The summed E-state index contributed by atoms with van der Waals surface area (Å²) in [5.74, 6) is 0.913. The van der Waals surface area contributed by atoms with Crippen molar-refractivity contribution in [1.29, 1.82) is 0 Å². The van der Waals surface area contributed by atoms with E-state index in [0.29, 0.717) is 6.61 Å². The maximum absolute atomic E-state index is 13.5. The first kappa shape index (κ1) is 19.5. The molecule has 0 fully saturated rings. The van der Waals surface area contributed by atoms with Crippen molar-refractivity contribution in [3.8, 4) is 5.75 Å². The Kier molecular flexibility index (Phi) is 6.10. The van der Waals surface area contributed by atoms with Crippen LogP contribution in [-0.4, -0.2) is 23.9 Å². The number of hydrogen-bond donors (Lipinski definition) is 0. The van der Waals surface area contributed by atoms with Crippen molar-refractivity contribution in [1.82, 2.24) is 3.89 Å². The number of carbonyl (C=O) groups is 1. The van der Waals surface area contributed by atoms with Gasteiger partial charge in [-0.25, -0.2) is 4.79 Å². The molecule has 0 aromatic heterocycles. The number of rotatable bonds is 6. The van der Waals surface area contributed by atoms with Gasteiger partial charge in [-0.15, -0.1) is 0 Å². The number of carbonyl (C=O) groups excluding carboxylic acids is 1. The zero-order valence-corrected chi connectivity index (χ0v) is 17.8. The van der Waals surface area contributed by atoms with Gasteiger partial charge < -0.3 is 4.74 Å². The van der Waals surface area contributed by atoms with Gasteiger partial charge >= 0.3 is 5.91 Å². The summed E-state index contributed by atoms with van der Waals surface area (Å²) >= 11 is 5.07. The van der Waals surface area contributed by atoms with Crippen LogP contribution >= 0.6 is 27.9 Å². The molecule has 0 aliphatic carbocycles. The van der Waals surface area contributed by atoms with Gasteiger partial charge in [-0.05, 0) is 44.9 Å². The highest BCUT2D eigenvalue weighted by Crippen LogP contribution is 2.49. The number of fused-ring (bicyclic) bond motifs is 1. The first-order valence-corrected chi connectivity index (χ1v) is 10.9. The molecule has 0 radical (unpaired) electrons. The number of nitrogens with zero attached hydrogens (tertiary/aromatic N) is 1. The van der Waals surface area contributed by atoms with Gasteiger partial charge in [-0.3, -0.25) is 0 Å². The molecule has 1 amide bonds. The zero-order valence-electron chi connectivity index (χ0n) is 15.4. The van der Waals surface area contributed by atoms with E-state index in [0.717, 1.165) is 28.8 Å². The molecule has 2 aromatic rings. The lowest BCUT2D eigenvalue weighted by Gasteiger charge is -2.41. The van der Waals surface area contributed by atoms with Crippen LogP contribution in [0.1, 0.15) is 38.7 Å². The summed E-state index contributed by atoms with van der Waals surface area (Å²) in [7, 11) is 0. The minimum Gasteiger partial charge on any atom is -0.493 e. The SMILES string of the molecule is CC1C(=O)[N+](c2cccc(OCCCBr)c2)(C(C)C)Sc2ccccc21. The van der Waals surface area contributed by atoms with Crippen LogP contribution in [0.2, 0.25) is 0 Å². The summed E-state index contributed by atoms with van der Waals surface area (Å²) in [5.41, 5.74) is 2.11. The monoisotopic (exact) mass is 434 g/mol. The van der Waals surface area contributed by atoms with Crippen molar-refractivity contribution >= 4 is 39.5 Å². The Bertz CT molecular complexity index is 795. The number of hydrogen-bond acceptors (Lipinski definition) is 3. The smallest absolute Gasteiger partial charge is 0.337 e. The third-order valence-corrected chi connectivity index (χ3v) is 7.03. The lowest BCUT2D eigenvalue weighted by atomic mass is 9.98. The Morgan fingerprint density at radius 2 is 1.96 bits per heavy atom. The Hall–Kier alpha value is -1.30. The largest absolute Gasteiger partial charge is 0.493 e. The van der Waals surface area contributed by atoms with Gasteiger partial charge in [-0.1, -0.05) is 40.2 Å². The number of ether oxygens (including phenoxy) is 1. The summed E-state index contributed by atoms with van der Waals surface area (Å²) in [6, 6.07) is 16.4. The molecule has 2 atom stereocenters. The van der Waals surface area contributed by atoms with Crippen molar-refractivity contribution in [3.05, 3.63) is 54.1 Å². The maximum atomic E-state index is 13.5. The highest BCUT2D eigenvalue weighted by Gasteiger charge is 2.51. The third-order valence-electron chi connectivity index (χ3n) is 4.80. The number of quaternary nitrogens is 1. The Morgan fingerprint density at radius 3 is 2.69 bits per heavy atom. The van der Waals surface area contributed by atoms with Crippen LogP contribution < -0.4 is 8.63 Å². The predicted octanol–water partition coefficient (Wildman–Crippen LogP) is 5.92. The molecular weight excluding hydrogens is 410 g/mol. The van der Waals surface area contributed by atoms with Gasteiger partial charge in [0, 0.05) is 17.5 Å². The number of benzene rings is 2. The number of alkyl halides is 1. The van der Waals surface area contributed by atoms with Crippen molar-refractivity contribution in [3.63, 3.8) is 0 Å². The van der Waals surface area contributed by atoms with Crippen molar-refractivity contribution in [2.24, 2.45) is 0 Å². The maximum Gasteiger partial charge on any atom is 0.337 e.